The van der Waals surface area contributed by atoms with Gasteiger partial charge in [0.15, 0.2) is 0 Å². The summed E-state index contributed by atoms with van der Waals surface area (Å²) in [6.07, 6.45) is 6.84. The Labute approximate surface area is 159 Å². The van der Waals surface area contributed by atoms with Crippen molar-refractivity contribution >= 4 is 22.6 Å². The summed E-state index contributed by atoms with van der Waals surface area (Å²) in [5.74, 6) is -0.415. The lowest BCUT2D eigenvalue weighted by Crippen LogP contribution is -2.37. The zero-order chi connectivity index (χ0) is 19.8. The van der Waals surface area contributed by atoms with Crippen LogP contribution in [0.5, 0.6) is 0 Å². The molecule has 0 radical (unpaired) electrons. The van der Waals surface area contributed by atoms with Crippen LogP contribution in [-0.2, 0) is 25.4 Å². The molecule has 1 saturated heterocycles. The van der Waals surface area contributed by atoms with Crippen molar-refractivity contribution in [2.75, 3.05) is 11.9 Å². The average Bonchev–Trinajstić information content (AvgIpc) is 3.36. The third kappa shape index (κ3) is 3.22. The maximum atomic E-state index is 12.6. The number of amides is 1. The van der Waals surface area contributed by atoms with E-state index in [4.69, 9.17) is 4.74 Å². The molecule has 3 aromatic heterocycles. The summed E-state index contributed by atoms with van der Waals surface area (Å²) in [7, 11) is 2.92. The van der Waals surface area contributed by atoms with E-state index in [9.17, 15) is 14.4 Å². The van der Waals surface area contributed by atoms with Gasteiger partial charge in [0.05, 0.1) is 35.5 Å². The number of fused-ring (bicyclic) bond motifs is 1. The van der Waals surface area contributed by atoms with E-state index in [1.54, 1.807) is 17.1 Å². The van der Waals surface area contributed by atoms with E-state index in [-0.39, 0.29) is 22.7 Å². The maximum absolute atomic E-state index is 12.6. The van der Waals surface area contributed by atoms with Gasteiger partial charge in [0.25, 0.3) is 11.5 Å². The van der Waals surface area contributed by atoms with Crippen LogP contribution in [0.15, 0.2) is 34.2 Å². The molecule has 1 N–H and O–H groups in total. The molecule has 0 bridgehead atoms. The van der Waals surface area contributed by atoms with Gasteiger partial charge < -0.3 is 10.1 Å². The van der Waals surface area contributed by atoms with Crippen LogP contribution in [0, 0.1) is 0 Å². The Bertz CT molecular complexity index is 1170. The van der Waals surface area contributed by atoms with Crippen molar-refractivity contribution < 1.29 is 9.53 Å². The first-order chi connectivity index (χ1) is 13.4. The second-order valence-corrected chi connectivity index (χ2v) is 6.84. The van der Waals surface area contributed by atoms with Crippen molar-refractivity contribution in [3.8, 4) is 0 Å². The summed E-state index contributed by atoms with van der Waals surface area (Å²) in [6, 6.07) is 1.44. The zero-order valence-electron chi connectivity index (χ0n) is 15.6. The minimum absolute atomic E-state index is 0.149. The lowest BCUT2D eigenvalue weighted by Gasteiger charge is -2.09. The Morgan fingerprint density at radius 2 is 2.11 bits per heavy atom. The number of rotatable bonds is 4. The van der Waals surface area contributed by atoms with Crippen LogP contribution in [0.1, 0.15) is 23.2 Å². The molecule has 1 amide bonds. The highest BCUT2D eigenvalue weighted by Crippen LogP contribution is 2.16. The molecule has 28 heavy (non-hydrogen) atoms. The van der Waals surface area contributed by atoms with Gasteiger partial charge in [0.2, 0.25) is 0 Å². The van der Waals surface area contributed by atoms with Gasteiger partial charge in [-0.05, 0) is 18.9 Å². The molecule has 1 unspecified atom stereocenters. The molecule has 1 atom stereocenters. The van der Waals surface area contributed by atoms with Crippen molar-refractivity contribution in [3.63, 3.8) is 0 Å². The van der Waals surface area contributed by atoms with Gasteiger partial charge in [-0.3, -0.25) is 23.4 Å². The molecular formula is C18H20N6O4. The number of aryl methyl sites for hydroxylation is 1. The molecule has 1 aliphatic heterocycles. The molecule has 10 nitrogen and oxygen atoms in total. The Hall–Kier alpha value is -3.27. The Kier molecular flexibility index (Phi) is 4.55. The Morgan fingerprint density at radius 1 is 1.29 bits per heavy atom. The molecular weight excluding hydrogens is 364 g/mol. The fourth-order valence-corrected chi connectivity index (χ4v) is 3.32. The summed E-state index contributed by atoms with van der Waals surface area (Å²) in [6.45, 7) is 1.41. The van der Waals surface area contributed by atoms with Crippen molar-refractivity contribution in [2.45, 2.75) is 25.5 Å². The fourth-order valence-electron chi connectivity index (χ4n) is 3.32. The summed E-state index contributed by atoms with van der Waals surface area (Å²) < 4.78 is 9.57. The van der Waals surface area contributed by atoms with E-state index < -0.39 is 17.2 Å². The van der Waals surface area contributed by atoms with Gasteiger partial charge in [0.1, 0.15) is 5.65 Å². The molecule has 3 aromatic rings. The molecule has 4 rings (SSSR count). The lowest BCUT2D eigenvalue weighted by molar-refractivity contribution is 0.0940. The molecule has 1 aliphatic rings. The molecule has 0 spiro atoms. The van der Waals surface area contributed by atoms with Gasteiger partial charge >= 0.3 is 5.69 Å². The van der Waals surface area contributed by atoms with Crippen molar-refractivity contribution in [3.05, 3.63) is 51.1 Å². The number of pyridine rings is 1. The first-order valence-electron chi connectivity index (χ1n) is 8.95. The van der Waals surface area contributed by atoms with E-state index >= 15 is 0 Å². The third-order valence-electron chi connectivity index (χ3n) is 4.86. The summed E-state index contributed by atoms with van der Waals surface area (Å²) in [5, 5.41) is 7.19. The molecule has 4 heterocycles. The number of nitrogens with one attached hydrogen (secondary N) is 1. The Morgan fingerprint density at radius 3 is 2.86 bits per heavy atom. The Balaban J connectivity index is 1.57. The number of ether oxygens (including phenoxy) is 1. The lowest BCUT2D eigenvalue weighted by atomic mass is 10.2. The number of hydrogen-bond acceptors (Lipinski definition) is 6. The first kappa shape index (κ1) is 18.1. The van der Waals surface area contributed by atoms with Crippen LogP contribution >= 0.6 is 0 Å². The van der Waals surface area contributed by atoms with Crippen LogP contribution in [0.3, 0.4) is 0 Å². The number of nitrogens with zero attached hydrogens (tertiary/aromatic N) is 5. The molecule has 0 saturated carbocycles. The van der Waals surface area contributed by atoms with E-state index in [1.165, 1.54) is 30.9 Å². The second kappa shape index (κ2) is 7.04. The van der Waals surface area contributed by atoms with Crippen LogP contribution in [-0.4, -0.2) is 42.5 Å². The van der Waals surface area contributed by atoms with Crippen LogP contribution < -0.4 is 16.6 Å². The standard InChI is InChI=1S/C18H20N6O4/c1-22-15-14(17(26)23(2)18(22)27)6-11(7-19-15)16(25)21-12-8-20-24(9-12)10-13-4-3-5-28-13/h6-9,13H,3-5,10H2,1-2H3,(H,21,25). The van der Waals surface area contributed by atoms with Crippen LogP contribution in [0.2, 0.25) is 0 Å². The number of carbonyl (C=O) groups excluding carboxylic acids is 1. The predicted molar refractivity (Wildman–Crippen MR) is 101 cm³/mol. The molecule has 146 valence electrons. The third-order valence-corrected chi connectivity index (χ3v) is 4.86. The number of carbonyl (C=O) groups is 1. The largest absolute Gasteiger partial charge is 0.376 e. The first-order valence-corrected chi connectivity index (χ1v) is 8.95. The summed E-state index contributed by atoms with van der Waals surface area (Å²) in [5.41, 5.74) is 0.0195. The molecule has 10 heteroatoms. The highest BCUT2D eigenvalue weighted by molar-refractivity contribution is 6.05. The minimum Gasteiger partial charge on any atom is -0.376 e. The normalized spacial score (nSPS) is 16.6. The predicted octanol–water partition coefficient (Wildman–Crippen LogP) is 0.260. The van der Waals surface area contributed by atoms with E-state index in [1.807, 2.05) is 0 Å². The van der Waals surface area contributed by atoms with E-state index in [0.717, 1.165) is 24.0 Å². The van der Waals surface area contributed by atoms with Crippen molar-refractivity contribution in [1.82, 2.24) is 23.9 Å². The van der Waals surface area contributed by atoms with Crippen LogP contribution in [0.4, 0.5) is 5.69 Å². The molecule has 0 aliphatic carbocycles. The summed E-state index contributed by atoms with van der Waals surface area (Å²) >= 11 is 0. The van der Waals surface area contributed by atoms with Gasteiger partial charge in [-0.2, -0.15) is 5.10 Å². The zero-order valence-corrected chi connectivity index (χ0v) is 15.6. The highest BCUT2D eigenvalue weighted by atomic mass is 16.5. The number of anilines is 1. The topological polar surface area (TPSA) is 113 Å². The monoisotopic (exact) mass is 384 g/mol. The van der Waals surface area contributed by atoms with Crippen molar-refractivity contribution in [2.24, 2.45) is 14.1 Å². The second-order valence-electron chi connectivity index (χ2n) is 6.84. The van der Waals surface area contributed by atoms with Gasteiger partial charge in [-0.15, -0.1) is 0 Å². The van der Waals surface area contributed by atoms with E-state index in [0.29, 0.717) is 12.2 Å². The van der Waals surface area contributed by atoms with Gasteiger partial charge in [-0.25, -0.2) is 9.78 Å². The average molecular weight is 384 g/mol. The highest BCUT2D eigenvalue weighted by Gasteiger charge is 2.17. The summed E-state index contributed by atoms with van der Waals surface area (Å²) in [4.78, 5) is 41.0. The van der Waals surface area contributed by atoms with Crippen LogP contribution in [0.25, 0.3) is 11.0 Å². The van der Waals surface area contributed by atoms with Crippen molar-refractivity contribution in [1.29, 1.82) is 0 Å². The van der Waals surface area contributed by atoms with Gasteiger partial charge in [-0.1, -0.05) is 0 Å². The quantitative estimate of drug-likeness (QED) is 0.690. The number of hydrogen-bond donors (Lipinski definition) is 1. The smallest absolute Gasteiger partial charge is 0.332 e. The molecule has 0 aromatic carbocycles. The SMILES string of the molecule is Cn1c(=O)c2cc(C(=O)Nc3cnn(CC4CCCO4)c3)cnc2n(C)c1=O. The number of aromatic nitrogens is 5. The van der Waals surface area contributed by atoms with E-state index in [2.05, 4.69) is 15.4 Å². The maximum Gasteiger partial charge on any atom is 0.332 e. The fraction of sp³-hybridized carbons (Fsp3) is 0.389. The van der Waals surface area contributed by atoms with Gasteiger partial charge in [0, 0.05) is 33.1 Å². The minimum atomic E-state index is -0.496. The molecule has 1 fully saturated rings.